The number of carbonyl (C=O) groups excluding carboxylic acids is 1. The Bertz CT molecular complexity index is 497. The number of fused-ring (bicyclic) bond motifs is 2. The lowest BCUT2D eigenvalue weighted by atomic mass is 9.89. The van der Waals surface area contributed by atoms with Crippen LogP contribution in [0.5, 0.6) is 0 Å². The van der Waals surface area contributed by atoms with Gasteiger partial charge in [0.25, 0.3) is 0 Å². The van der Waals surface area contributed by atoms with Gasteiger partial charge in [-0.15, -0.1) is 5.10 Å². The van der Waals surface area contributed by atoms with Crippen LogP contribution in [0.15, 0.2) is 0 Å². The third kappa shape index (κ3) is 2.34. The standard InChI is InChI=1S/C15H23N3O2/c1-3-4-13-14(15(19)20-2)16-17-18(13)9-12-8-10-5-6-11(12)7-10/h10-12H,3-9H2,1-2H3. The Kier molecular flexibility index (Phi) is 3.76. The zero-order valence-electron chi connectivity index (χ0n) is 12.3. The summed E-state index contributed by atoms with van der Waals surface area (Å²) >= 11 is 0. The first-order valence-electron chi connectivity index (χ1n) is 7.73. The molecular weight excluding hydrogens is 254 g/mol. The number of carbonyl (C=O) groups is 1. The lowest BCUT2D eigenvalue weighted by molar-refractivity contribution is 0.0592. The van der Waals surface area contributed by atoms with Crippen LogP contribution in [0.4, 0.5) is 0 Å². The number of hydrogen-bond acceptors (Lipinski definition) is 4. The van der Waals surface area contributed by atoms with Gasteiger partial charge in [-0.3, -0.25) is 0 Å². The molecule has 1 aromatic heterocycles. The molecular formula is C15H23N3O2. The van der Waals surface area contributed by atoms with Crippen LogP contribution in [0.2, 0.25) is 0 Å². The highest BCUT2D eigenvalue weighted by atomic mass is 16.5. The minimum atomic E-state index is -0.368. The van der Waals surface area contributed by atoms with Crippen molar-refractivity contribution in [3.63, 3.8) is 0 Å². The van der Waals surface area contributed by atoms with Gasteiger partial charge in [0.2, 0.25) is 0 Å². The molecule has 5 heteroatoms. The van der Waals surface area contributed by atoms with Gasteiger partial charge in [-0.25, -0.2) is 9.48 Å². The van der Waals surface area contributed by atoms with Crippen LogP contribution in [0.3, 0.4) is 0 Å². The molecule has 1 aromatic rings. The maximum absolute atomic E-state index is 11.7. The molecule has 0 amide bonds. The van der Waals surface area contributed by atoms with E-state index in [-0.39, 0.29) is 5.97 Å². The van der Waals surface area contributed by atoms with Crippen LogP contribution in [-0.2, 0) is 17.7 Å². The van der Waals surface area contributed by atoms with Crippen molar-refractivity contribution in [1.82, 2.24) is 15.0 Å². The van der Waals surface area contributed by atoms with Crippen LogP contribution in [0, 0.1) is 17.8 Å². The van der Waals surface area contributed by atoms with Crippen molar-refractivity contribution in [1.29, 1.82) is 0 Å². The predicted molar refractivity (Wildman–Crippen MR) is 74.3 cm³/mol. The number of esters is 1. The lowest BCUT2D eigenvalue weighted by Crippen LogP contribution is -2.20. The second kappa shape index (κ2) is 5.54. The van der Waals surface area contributed by atoms with E-state index >= 15 is 0 Å². The molecule has 2 fully saturated rings. The Hall–Kier alpha value is -1.39. The van der Waals surface area contributed by atoms with E-state index in [0.29, 0.717) is 5.69 Å². The summed E-state index contributed by atoms with van der Waals surface area (Å²) in [7, 11) is 1.40. The topological polar surface area (TPSA) is 57.0 Å². The van der Waals surface area contributed by atoms with E-state index in [4.69, 9.17) is 4.74 Å². The molecule has 0 saturated heterocycles. The number of hydrogen-bond donors (Lipinski definition) is 0. The van der Waals surface area contributed by atoms with Gasteiger partial charge in [0.15, 0.2) is 5.69 Å². The second-order valence-corrected chi connectivity index (χ2v) is 6.24. The normalized spacial score (nSPS) is 28.0. The molecule has 2 bridgehead atoms. The molecule has 3 rings (SSSR count). The Balaban J connectivity index is 1.78. The smallest absolute Gasteiger partial charge is 0.360 e. The zero-order chi connectivity index (χ0) is 14.1. The first-order chi connectivity index (χ1) is 9.72. The van der Waals surface area contributed by atoms with Crippen molar-refractivity contribution in [2.45, 2.75) is 52.0 Å². The molecule has 0 spiro atoms. The molecule has 3 unspecified atom stereocenters. The lowest BCUT2D eigenvalue weighted by Gasteiger charge is -2.22. The number of aromatic nitrogens is 3. The first kappa shape index (κ1) is 13.6. The van der Waals surface area contributed by atoms with Gasteiger partial charge in [-0.2, -0.15) is 0 Å². The van der Waals surface area contributed by atoms with E-state index in [1.54, 1.807) is 0 Å². The van der Waals surface area contributed by atoms with Crippen molar-refractivity contribution in [3.8, 4) is 0 Å². The molecule has 0 aromatic carbocycles. The average Bonchev–Trinajstić information content (AvgIpc) is 3.15. The first-order valence-corrected chi connectivity index (χ1v) is 7.73. The van der Waals surface area contributed by atoms with Gasteiger partial charge >= 0.3 is 5.97 Å². The van der Waals surface area contributed by atoms with E-state index < -0.39 is 0 Å². The fourth-order valence-electron chi connectivity index (χ4n) is 4.04. The fourth-order valence-corrected chi connectivity index (χ4v) is 4.04. The van der Waals surface area contributed by atoms with Crippen LogP contribution < -0.4 is 0 Å². The van der Waals surface area contributed by atoms with E-state index in [1.165, 1.54) is 32.8 Å². The number of ether oxygens (including phenoxy) is 1. The average molecular weight is 277 g/mol. The minimum absolute atomic E-state index is 0.368. The summed E-state index contributed by atoms with van der Waals surface area (Å²) in [6, 6.07) is 0. The van der Waals surface area contributed by atoms with Crippen molar-refractivity contribution in [2.24, 2.45) is 17.8 Å². The minimum Gasteiger partial charge on any atom is -0.464 e. The van der Waals surface area contributed by atoms with Crippen LogP contribution in [0.1, 0.15) is 55.2 Å². The molecule has 110 valence electrons. The molecule has 5 nitrogen and oxygen atoms in total. The van der Waals surface area contributed by atoms with E-state index in [9.17, 15) is 4.79 Å². The van der Waals surface area contributed by atoms with Crippen molar-refractivity contribution >= 4 is 5.97 Å². The van der Waals surface area contributed by atoms with Crippen molar-refractivity contribution in [3.05, 3.63) is 11.4 Å². The Morgan fingerprint density at radius 1 is 1.40 bits per heavy atom. The quantitative estimate of drug-likeness (QED) is 0.776. The Morgan fingerprint density at radius 3 is 2.85 bits per heavy atom. The highest BCUT2D eigenvalue weighted by molar-refractivity contribution is 5.88. The summed E-state index contributed by atoms with van der Waals surface area (Å²) in [6.07, 6.45) is 7.31. The van der Waals surface area contributed by atoms with E-state index in [0.717, 1.165) is 42.8 Å². The number of rotatable bonds is 5. The third-order valence-corrected chi connectivity index (χ3v) is 5.00. The fraction of sp³-hybridized carbons (Fsp3) is 0.800. The summed E-state index contributed by atoms with van der Waals surface area (Å²) in [5.41, 5.74) is 1.35. The Labute approximate surface area is 119 Å². The molecule has 0 aliphatic heterocycles. The molecule has 0 N–H and O–H groups in total. The van der Waals surface area contributed by atoms with Crippen LogP contribution in [0.25, 0.3) is 0 Å². The highest BCUT2D eigenvalue weighted by Gasteiger charge is 2.40. The molecule has 20 heavy (non-hydrogen) atoms. The predicted octanol–water partition coefficient (Wildman–Crippen LogP) is 2.45. The van der Waals surface area contributed by atoms with Gasteiger partial charge in [0, 0.05) is 6.54 Å². The molecule has 2 aliphatic rings. The maximum atomic E-state index is 11.7. The molecule has 2 saturated carbocycles. The van der Waals surface area contributed by atoms with Gasteiger partial charge in [0.1, 0.15) is 0 Å². The summed E-state index contributed by atoms with van der Waals surface area (Å²) in [4.78, 5) is 11.7. The SMILES string of the molecule is CCCc1c(C(=O)OC)nnn1CC1CC2CCC1C2. The van der Waals surface area contributed by atoms with Gasteiger partial charge in [0.05, 0.1) is 12.8 Å². The zero-order valence-corrected chi connectivity index (χ0v) is 12.3. The van der Waals surface area contributed by atoms with Gasteiger partial charge < -0.3 is 4.74 Å². The van der Waals surface area contributed by atoms with Crippen LogP contribution >= 0.6 is 0 Å². The van der Waals surface area contributed by atoms with Crippen molar-refractivity contribution in [2.75, 3.05) is 7.11 Å². The summed E-state index contributed by atoms with van der Waals surface area (Å²) in [5.74, 6) is 2.15. The van der Waals surface area contributed by atoms with Crippen LogP contribution in [-0.4, -0.2) is 28.1 Å². The van der Waals surface area contributed by atoms with Gasteiger partial charge in [-0.05, 0) is 43.4 Å². The summed E-state index contributed by atoms with van der Waals surface area (Å²) in [5, 5.41) is 8.26. The third-order valence-electron chi connectivity index (χ3n) is 5.00. The summed E-state index contributed by atoms with van der Waals surface area (Å²) < 4.78 is 6.76. The molecule has 0 radical (unpaired) electrons. The number of nitrogens with zero attached hydrogens (tertiary/aromatic N) is 3. The van der Waals surface area contributed by atoms with E-state index in [2.05, 4.69) is 17.2 Å². The largest absolute Gasteiger partial charge is 0.464 e. The van der Waals surface area contributed by atoms with Gasteiger partial charge in [-0.1, -0.05) is 25.0 Å². The van der Waals surface area contributed by atoms with Crippen molar-refractivity contribution < 1.29 is 9.53 Å². The molecule has 3 atom stereocenters. The van der Waals surface area contributed by atoms with E-state index in [1.807, 2.05) is 4.68 Å². The monoisotopic (exact) mass is 277 g/mol. The summed E-state index contributed by atoms with van der Waals surface area (Å²) in [6.45, 7) is 3.02. The maximum Gasteiger partial charge on any atom is 0.360 e. The molecule has 2 aliphatic carbocycles. The Morgan fingerprint density at radius 2 is 2.25 bits per heavy atom. The highest BCUT2D eigenvalue weighted by Crippen LogP contribution is 2.48. The molecule has 1 heterocycles. The number of methoxy groups -OCH3 is 1. The second-order valence-electron chi connectivity index (χ2n) is 6.24.